The van der Waals surface area contributed by atoms with Gasteiger partial charge in [-0.15, -0.1) is 0 Å². The predicted octanol–water partition coefficient (Wildman–Crippen LogP) is 3.34. The van der Waals surface area contributed by atoms with E-state index < -0.39 is 5.92 Å². The molecule has 1 saturated heterocycles. The van der Waals surface area contributed by atoms with Crippen LogP contribution < -0.4 is 9.47 Å². The number of benzene rings is 2. The zero-order valence-corrected chi connectivity index (χ0v) is 19.8. The maximum Gasteiger partial charge on any atom is 0.230 e. The van der Waals surface area contributed by atoms with E-state index in [1.165, 1.54) is 0 Å². The first-order valence-corrected chi connectivity index (χ1v) is 11.6. The predicted molar refractivity (Wildman–Crippen MR) is 127 cm³/mol. The fourth-order valence-corrected chi connectivity index (χ4v) is 4.29. The number of methoxy groups -OCH3 is 2. The minimum absolute atomic E-state index is 0.0163. The van der Waals surface area contributed by atoms with Crippen molar-refractivity contribution in [1.82, 2.24) is 15.0 Å². The summed E-state index contributed by atoms with van der Waals surface area (Å²) in [5.41, 5.74) is 1.29. The van der Waals surface area contributed by atoms with Gasteiger partial charge in [0.15, 0.2) is 17.3 Å². The number of rotatable bonds is 9. The van der Waals surface area contributed by atoms with Gasteiger partial charge in [-0.2, -0.15) is 4.98 Å². The van der Waals surface area contributed by atoms with Gasteiger partial charge in [0.2, 0.25) is 17.6 Å². The number of hydrogen-bond donors (Lipinski definition) is 1. The van der Waals surface area contributed by atoms with E-state index in [1.807, 2.05) is 12.1 Å². The number of amides is 1. The number of nitrogens with zero attached hydrogens (tertiary/aromatic N) is 3. The molecule has 4 rings (SSSR count). The average molecular weight is 480 g/mol. The smallest absolute Gasteiger partial charge is 0.230 e. The van der Waals surface area contributed by atoms with Crippen molar-refractivity contribution < 1.29 is 28.7 Å². The highest BCUT2D eigenvalue weighted by Crippen LogP contribution is 2.33. The third-order valence-corrected chi connectivity index (χ3v) is 6.34. The first kappa shape index (κ1) is 24.4. The topological polar surface area (TPSA) is 115 Å². The van der Waals surface area contributed by atoms with Gasteiger partial charge in [0, 0.05) is 36.6 Å². The Morgan fingerprint density at radius 1 is 1.09 bits per heavy atom. The third-order valence-electron chi connectivity index (χ3n) is 6.34. The average Bonchev–Trinajstić information content (AvgIpc) is 3.42. The van der Waals surface area contributed by atoms with Crippen LogP contribution in [0, 0.1) is 5.92 Å². The monoisotopic (exact) mass is 479 g/mol. The molecule has 0 radical (unpaired) electrons. The second kappa shape index (κ2) is 11.1. The lowest BCUT2D eigenvalue weighted by Crippen LogP contribution is -2.43. The molecule has 1 aliphatic heterocycles. The number of carbonyl (C=O) groups excluding carboxylic acids is 2. The highest BCUT2D eigenvalue weighted by molar-refractivity contribution is 5.98. The summed E-state index contributed by atoms with van der Waals surface area (Å²) in [5, 5.41) is 13.9. The van der Waals surface area contributed by atoms with Crippen LogP contribution in [-0.4, -0.2) is 65.8 Å². The van der Waals surface area contributed by atoms with Crippen LogP contribution in [0.3, 0.4) is 0 Å². The lowest BCUT2D eigenvalue weighted by molar-refractivity contribution is -0.137. The first-order chi connectivity index (χ1) is 17.0. The highest BCUT2D eigenvalue weighted by atomic mass is 16.5. The zero-order chi connectivity index (χ0) is 24.8. The summed E-state index contributed by atoms with van der Waals surface area (Å²) in [6.07, 6.45) is 1.30. The summed E-state index contributed by atoms with van der Waals surface area (Å²) in [6.45, 7) is 0.622. The molecule has 184 valence electrons. The maximum atomic E-state index is 13.0. The van der Waals surface area contributed by atoms with Crippen LogP contribution in [0.25, 0.3) is 11.4 Å². The number of ketones is 1. The second-order valence-corrected chi connectivity index (χ2v) is 8.50. The Hall–Kier alpha value is -3.72. The fraction of sp³-hybridized carbons (Fsp3) is 0.385. The Kier molecular flexibility index (Phi) is 7.77. The van der Waals surface area contributed by atoms with Crippen LogP contribution in [0.1, 0.15) is 41.4 Å². The molecule has 0 saturated carbocycles. The van der Waals surface area contributed by atoms with Crippen molar-refractivity contribution in [3.8, 4) is 22.9 Å². The lowest BCUT2D eigenvalue weighted by Gasteiger charge is -2.32. The van der Waals surface area contributed by atoms with Crippen LogP contribution in [0.5, 0.6) is 11.5 Å². The minimum Gasteiger partial charge on any atom is -0.493 e. The molecule has 1 fully saturated rings. The SMILES string of the molecule is COc1ccc(-c2noc(C3CCN(C(=O)[C@@H](CO)CC(=O)c4ccccc4)CC3)n2)cc1OC. The molecule has 3 aromatic rings. The molecule has 1 aliphatic rings. The molecule has 0 unspecified atom stereocenters. The standard InChI is InChI=1S/C26H29N3O6/c1-33-22-9-8-19(15-23(22)34-2)24-27-25(35-28-24)18-10-12-29(13-11-18)26(32)20(16-30)14-21(31)17-6-4-3-5-7-17/h3-9,15,18,20,30H,10-14,16H2,1-2H3/t20-/m1/s1. The molecule has 9 nitrogen and oxygen atoms in total. The van der Waals surface area contributed by atoms with Gasteiger partial charge in [-0.25, -0.2) is 0 Å². The van der Waals surface area contributed by atoms with E-state index in [1.54, 1.807) is 55.5 Å². The lowest BCUT2D eigenvalue weighted by atomic mass is 9.93. The van der Waals surface area contributed by atoms with E-state index in [2.05, 4.69) is 10.1 Å². The summed E-state index contributed by atoms with van der Waals surface area (Å²) in [7, 11) is 3.14. The largest absolute Gasteiger partial charge is 0.493 e. The van der Waals surface area contributed by atoms with E-state index >= 15 is 0 Å². The van der Waals surface area contributed by atoms with Crippen molar-refractivity contribution in [2.24, 2.45) is 5.92 Å². The summed E-state index contributed by atoms with van der Waals surface area (Å²) in [4.78, 5) is 31.8. The number of hydrogen-bond acceptors (Lipinski definition) is 8. The van der Waals surface area contributed by atoms with E-state index in [-0.39, 0.29) is 30.6 Å². The van der Waals surface area contributed by atoms with Gasteiger partial charge in [0.05, 0.1) is 26.7 Å². The van der Waals surface area contributed by atoms with Crippen molar-refractivity contribution in [1.29, 1.82) is 0 Å². The van der Waals surface area contributed by atoms with Crippen LogP contribution in [0.4, 0.5) is 0 Å². The van der Waals surface area contributed by atoms with Crippen molar-refractivity contribution in [2.75, 3.05) is 33.9 Å². The Morgan fingerprint density at radius 3 is 2.46 bits per heavy atom. The first-order valence-electron chi connectivity index (χ1n) is 11.6. The molecule has 2 aromatic carbocycles. The molecule has 2 heterocycles. The molecule has 1 atom stereocenters. The molecule has 35 heavy (non-hydrogen) atoms. The molecule has 1 N–H and O–H groups in total. The number of likely N-dealkylation sites (tertiary alicyclic amines) is 1. The maximum absolute atomic E-state index is 13.0. The van der Waals surface area contributed by atoms with Crippen molar-refractivity contribution >= 4 is 11.7 Å². The van der Waals surface area contributed by atoms with Crippen LogP contribution in [-0.2, 0) is 4.79 Å². The number of carbonyl (C=O) groups is 2. The number of aliphatic hydroxyl groups is 1. The van der Waals surface area contributed by atoms with Crippen LogP contribution in [0.15, 0.2) is 53.1 Å². The number of Topliss-reactive ketones (excluding diaryl/α,β-unsaturated/α-hetero) is 1. The van der Waals surface area contributed by atoms with Gasteiger partial charge in [-0.05, 0) is 31.0 Å². The molecule has 1 amide bonds. The second-order valence-electron chi connectivity index (χ2n) is 8.50. The Morgan fingerprint density at radius 2 is 1.80 bits per heavy atom. The van der Waals surface area contributed by atoms with E-state index in [9.17, 15) is 14.7 Å². The molecular formula is C26H29N3O6. The van der Waals surface area contributed by atoms with Gasteiger partial charge in [-0.1, -0.05) is 35.5 Å². The van der Waals surface area contributed by atoms with Gasteiger partial charge in [0.1, 0.15) is 0 Å². The highest BCUT2D eigenvalue weighted by Gasteiger charge is 2.32. The summed E-state index contributed by atoms with van der Waals surface area (Å²) >= 11 is 0. The zero-order valence-electron chi connectivity index (χ0n) is 19.8. The normalized spacial score (nSPS) is 15.0. The fourth-order valence-electron chi connectivity index (χ4n) is 4.29. The number of ether oxygens (including phenoxy) is 2. The third kappa shape index (κ3) is 5.51. The van der Waals surface area contributed by atoms with Gasteiger partial charge in [-0.3, -0.25) is 9.59 Å². The van der Waals surface area contributed by atoms with Gasteiger partial charge in [0.25, 0.3) is 0 Å². The molecule has 9 heteroatoms. The molecule has 1 aromatic heterocycles. The molecular weight excluding hydrogens is 450 g/mol. The Labute approximate surface area is 203 Å². The van der Waals surface area contributed by atoms with Crippen molar-refractivity contribution in [3.63, 3.8) is 0 Å². The minimum atomic E-state index is -0.751. The molecule has 0 aliphatic carbocycles. The van der Waals surface area contributed by atoms with Crippen molar-refractivity contribution in [3.05, 3.63) is 60.0 Å². The van der Waals surface area contributed by atoms with Gasteiger partial charge < -0.3 is 24.0 Å². The van der Waals surface area contributed by atoms with E-state index in [4.69, 9.17) is 14.0 Å². The summed E-state index contributed by atoms with van der Waals surface area (Å²) in [6, 6.07) is 14.2. The summed E-state index contributed by atoms with van der Waals surface area (Å²) in [5.74, 6) is 1.10. The van der Waals surface area contributed by atoms with Crippen LogP contribution >= 0.6 is 0 Å². The van der Waals surface area contributed by atoms with E-state index in [0.29, 0.717) is 54.7 Å². The Bertz CT molecular complexity index is 1150. The summed E-state index contributed by atoms with van der Waals surface area (Å²) < 4.78 is 16.1. The van der Waals surface area contributed by atoms with Crippen molar-refractivity contribution in [2.45, 2.75) is 25.2 Å². The molecule has 0 bridgehead atoms. The van der Waals surface area contributed by atoms with Gasteiger partial charge >= 0.3 is 0 Å². The van der Waals surface area contributed by atoms with E-state index in [0.717, 1.165) is 5.56 Å². The van der Waals surface area contributed by atoms with Crippen LogP contribution in [0.2, 0.25) is 0 Å². The number of aromatic nitrogens is 2. The quantitative estimate of drug-likeness (QED) is 0.465. The number of piperidine rings is 1. The Balaban J connectivity index is 1.36. The number of aliphatic hydroxyl groups excluding tert-OH is 1. The molecule has 0 spiro atoms.